The highest BCUT2D eigenvalue weighted by Crippen LogP contribution is 2.25. The molecule has 2 rings (SSSR count). The molecule has 1 N–H and O–H groups in total. The number of methoxy groups -OCH3 is 1. The van der Waals surface area contributed by atoms with Crippen molar-refractivity contribution in [3.63, 3.8) is 0 Å². The molecule has 0 saturated heterocycles. The summed E-state index contributed by atoms with van der Waals surface area (Å²) in [5.74, 6) is 1.56. The molecule has 0 atom stereocenters. The van der Waals surface area contributed by atoms with Crippen LogP contribution in [-0.2, 0) is 20.2 Å². The Bertz CT molecular complexity index is 539. The van der Waals surface area contributed by atoms with Crippen LogP contribution in [0.4, 0.5) is 0 Å². The first kappa shape index (κ1) is 13.4. The highest BCUT2D eigenvalue weighted by atomic mass is 16.5. The fourth-order valence-corrected chi connectivity index (χ4v) is 1.75. The second-order valence-corrected chi connectivity index (χ2v) is 4.18. The summed E-state index contributed by atoms with van der Waals surface area (Å²) in [5.41, 5.74) is 1.87. The molecule has 0 spiro atoms. The number of benzene rings is 1. The van der Waals surface area contributed by atoms with Crippen molar-refractivity contribution in [2.45, 2.75) is 13.2 Å². The summed E-state index contributed by atoms with van der Waals surface area (Å²) in [5, 5.41) is 11.0. The molecular weight excluding hydrogens is 244 g/mol. The number of rotatable bonds is 6. The lowest BCUT2D eigenvalue weighted by Gasteiger charge is -2.12. The Kier molecular flexibility index (Phi) is 4.35. The van der Waals surface area contributed by atoms with Crippen molar-refractivity contribution in [2.75, 3.05) is 14.2 Å². The third-order valence-corrected chi connectivity index (χ3v) is 2.67. The van der Waals surface area contributed by atoms with E-state index < -0.39 is 0 Å². The van der Waals surface area contributed by atoms with E-state index in [0.29, 0.717) is 6.61 Å². The highest BCUT2D eigenvalue weighted by molar-refractivity contribution is 5.40. The van der Waals surface area contributed by atoms with Crippen LogP contribution in [0.15, 0.2) is 24.4 Å². The number of hydrogen-bond acceptors (Lipinski definition) is 5. The number of nitrogens with one attached hydrogen (secondary N) is 1. The Morgan fingerprint density at radius 1 is 1.37 bits per heavy atom. The maximum atomic E-state index is 5.80. The monoisotopic (exact) mass is 262 g/mol. The number of nitrogens with zero attached hydrogens (tertiary/aromatic N) is 3. The molecule has 2 aromatic rings. The first-order chi connectivity index (χ1) is 9.22. The summed E-state index contributed by atoms with van der Waals surface area (Å²) in [6.45, 7) is 1.12. The Morgan fingerprint density at radius 3 is 2.84 bits per heavy atom. The number of ether oxygens (including phenoxy) is 2. The molecule has 6 heteroatoms. The molecule has 0 radical (unpaired) electrons. The number of aryl methyl sites for hydroxylation is 1. The van der Waals surface area contributed by atoms with E-state index in [9.17, 15) is 0 Å². The minimum absolute atomic E-state index is 0.387. The van der Waals surface area contributed by atoms with Gasteiger partial charge in [-0.2, -0.15) is 0 Å². The van der Waals surface area contributed by atoms with Crippen LogP contribution in [0, 0.1) is 0 Å². The largest absolute Gasteiger partial charge is 0.497 e. The van der Waals surface area contributed by atoms with Crippen molar-refractivity contribution < 1.29 is 9.47 Å². The van der Waals surface area contributed by atoms with Gasteiger partial charge in [-0.25, -0.2) is 0 Å². The zero-order chi connectivity index (χ0) is 13.7. The van der Waals surface area contributed by atoms with E-state index >= 15 is 0 Å². The molecule has 19 heavy (non-hydrogen) atoms. The predicted molar refractivity (Wildman–Crippen MR) is 71.1 cm³/mol. The molecule has 6 nitrogen and oxygen atoms in total. The van der Waals surface area contributed by atoms with Gasteiger partial charge >= 0.3 is 0 Å². The van der Waals surface area contributed by atoms with E-state index in [1.54, 1.807) is 11.8 Å². The Morgan fingerprint density at radius 2 is 2.21 bits per heavy atom. The van der Waals surface area contributed by atoms with Gasteiger partial charge in [0.15, 0.2) is 0 Å². The molecule has 1 aromatic heterocycles. The van der Waals surface area contributed by atoms with E-state index in [4.69, 9.17) is 9.47 Å². The fraction of sp³-hybridized carbons (Fsp3) is 0.385. The first-order valence-electron chi connectivity index (χ1n) is 6.02. The van der Waals surface area contributed by atoms with Crippen LogP contribution in [0.1, 0.15) is 11.3 Å². The minimum atomic E-state index is 0.387. The zero-order valence-electron chi connectivity index (χ0n) is 11.4. The molecule has 0 bridgehead atoms. The maximum absolute atomic E-state index is 5.80. The summed E-state index contributed by atoms with van der Waals surface area (Å²) in [4.78, 5) is 0. The summed E-state index contributed by atoms with van der Waals surface area (Å²) in [6, 6.07) is 5.78. The Labute approximate surface area is 112 Å². The standard InChI is InChI=1S/C13H18N4O2/c1-14-7-10-4-5-12(18-3)6-13(10)19-9-11-8-17(2)16-15-11/h4-6,8,14H,7,9H2,1-3H3. The predicted octanol–water partition coefficient (Wildman–Crippen LogP) is 1.12. The lowest BCUT2D eigenvalue weighted by atomic mass is 10.2. The van der Waals surface area contributed by atoms with Gasteiger partial charge in [0.25, 0.3) is 0 Å². The molecule has 0 saturated carbocycles. The van der Waals surface area contributed by atoms with Gasteiger partial charge in [-0.05, 0) is 13.1 Å². The van der Waals surface area contributed by atoms with E-state index in [0.717, 1.165) is 29.3 Å². The van der Waals surface area contributed by atoms with E-state index in [2.05, 4.69) is 15.6 Å². The molecule has 0 aliphatic heterocycles. The van der Waals surface area contributed by atoms with E-state index in [1.807, 2.05) is 38.5 Å². The van der Waals surface area contributed by atoms with Gasteiger partial charge in [-0.1, -0.05) is 11.3 Å². The molecule has 0 aliphatic carbocycles. The Hall–Kier alpha value is -2.08. The van der Waals surface area contributed by atoms with Gasteiger partial charge in [0.05, 0.1) is 13.3 Å². The van der Waals surface area contributed by atoms with Gasteiger partial charge in [-0.3, -0.25) is 4.68 Å². The topological polar surface area (TPSA) is 61.2 Å². The number of aromatic nitrogens is 3. The van der Waals surface area contributed by atoms with Crippen LogP contribution in [0.25, 0.3) is 0 Å². The SMILES string of the molecule is CNCc1ccc(OC)cc1OCc1cn(C)nn1. The quantitative estimate of drug-likeness (QED) is 0.845. The molecule has 102 valence electrons. The molecule has 0 aliphatic rings. The third-order valence-electron chi connectivity index (χ3n) is 2.67. The van der Waals surface area contributed by atoms with Gasteiger partial charge in [0.2, 0.25) is 0 Å². The third kappa shape index (κ3) is 3.45. The molecule has 0 fully saturated rings. The maximum Gasteiger partial charge on any atom is 0.134 e. The summed E-state index contributed by atoms with van der Waals surface area (Å²) in [6.07, 6.45) is 1.83. The molecule has 0 unspecified atom stereocenters. The smallest absolute Gasteiger partial charge is 0.134 e. The lowest BCUT2D eigenvalue weighted by Crippen LogP contribution is -2.08. The summed E-state index contributed by atoms with van der Waals surface area (Å²) >= 11 is 0. The molecule has 1 aromatic carbocycles. The Balaban J connectivity index is 2.12. The van der Waals surface area contributed by atoms with Crippen molar-refractivity contribution in [1.29, 1.82) is 0 Å². The molecule has 1 heterocycles. The minimum Gasteiger partial charge on any atom is -0.497 e. The summed E-state index contributed by atoms with van der Waals surface area (Å²) in [7, 11) is 5.37. The van der Waals surface area contributed by atoms with Crippen molar-refractivity contribution in [2.24, 2.45) is 7.05 Å². The molecule has 0 amide bonds. The van der Waals surface area contributed by atoms with Gasteiger partial charge in [-0.15, -0.1) is 5.10 Å². The zero-order valence-corrected chi connectivity index (χ0v) is 11.4. The van der Waals surface area contributed by atoms with Crippen LogP contribution in [0.3, 0.4) is 0 Å². The average molecular weight is 262 g/mol. The van der Waals surface area contributed by atoms with Crippen LogP contribution >= 0.6 is 0 Å². The number of hydrogen-bond donors (Lipinski definition) is 1. The first-order valence-corrected chi connectivity index (χ1v) is 6.02. The second-order valence-electron chi connectivity index (χ2n) is 4.18. The highest BCUT2D eigenvalue weighted by Gasteiger charge is 2.07. The fourth-order valence-electron chi connectivity index (χ4n) is 1.75. The van der Waals surface area contributed by atoms with Gasteiger partial charge in [0, 0.05) is 25.2 Å². The normalized spacial score (nSPS) is 10.5. The molecular formula is C13H18N4O2. The van der Waals surface area contributed by atoms with Crippen molar-refractivity contribution in [3.05, 3.63) is 35.7 Å². The van der Waals surface area contributed by atoms with Gasteiger partial charge < -0.3 is 14.8 Å². The van der Waals surface area contributed by atoms with Crippen molar-refractivity contribution in [3.8, 4) is 11.5 Å². The second kappa shape index (κ2) is 6.19. The van der Waals surface area contributed by atoms with Gasteiger partial charge in [0.1, 0.15) is 23.8 Å². The van der Waals surface area contributed by atoms with Crippen LogP contribution in [-0.4, -0.2) is 29.2 Å². The average Bonchev–Trinajstić information content (AvgIpc) is 2.83. The van der Waals surface area contributed by atoms with E-state index in [1.165, 1.54) is 0 Å². The van der Waals surface area contributed by atoms with Crippen molar-refractivity contribution in [1.82, 2.24) is 20.3 Å². The summed E-state index contributed by atoms with van der Waals surface area (Å²) < 4.78 is 12.7. The van der Waals surface area contributed by atoms with Crippen molar-refractivity contribution >= 4 is 0 Å². The lowest BCUT2D eigenvalue weighted by molar-refractivity contribution is 0.295. The van der Waals surface area contributed by atoms with Crippen LogP contribution in [0.2, 0.25) is 0 Å². The van der Waals surface area contributed by atoms with E-state index in [-0.39, 0.29) is 0 Å². The van der Waals surface area contributed by atoms with Crippen LogP contribution in [0.5, 0.6) is 11.5 Å². The van der Waals surface area contributed by atoms with Crippen LogP contribution < -0.4 is 14.8 Å².